The first-order chi connectivity index (χ1) is 16.6. The average molecular weight is 452 g/mol. The van der Waals surface area contributed by atoms with Crippen LogP contribution in [0.3, 0.4) is 0 Å². The molecule has 0 aliphatic carbocycles. The van der Waals surface area contributed by atoms with Crippen LogP contribution in [-0.2, 0) is 6.42 Å². The van der Waals surface area contributed by atoms with Crippen molar-refractivity contribution >= 4 is 16.9 Å². The third-order valence-corrected chi connectivity index (χ3v) is 6.17. The van der Waals surface area contributed by atoms with E-state index < -0.39 is 6.04 Å². The number of aryl methyl sites for hydroxylation is 1. The SMILES string of the molecule is C=CCOc1ccc(C2c3c(oc4ccc(C)cc4c3=O)C(=O)N2CCc2ccccc2)cc1. The van der Waals surface area contributed by atoms with E-state index >= 15 is 0 Å². The Morgan fingerprint density at radius 3 is 2.53 bits per heavy atom. The highest BCUT2D eigenvalue weighted by atomic mass is 16.5. The molecule has 1 aliphatic heterocycles. The van der Waals surface area contributed by atoms with Gasteiger partial charge in [0.25, 0.3) is 5.91 Å². The fourth-order valence-electron chi connectivity index (χ4n) is 4.51. The topological polar surface area (TPSA) is 59.8 Å². The van der Waals surface area contributed by atoms with E-state index in [-0.39, 0.29) is 17.1 Å². The summed E-state index contributed by atoms with van der Waals surface area (Å²) in [5.41, 5.74) is 3.59. The molecule has 1 aliphatic rings. The number of rotatable bonds is 7. The van der Waals surface area contributed by atoms with Crippen molar-refractivity contribution < 1.29 is 13.9 Å². The fraction of sp³-hybridized carbons (Fsp3) is 0.172. The van der Waals surface area contributed by atoms with Gasteiger partial charge in [0.15, 0.2) is 5.43 Å². The molecule has 170 valence electrons. The van der Waals surface area contributed by atoms with Crippen LogP contribution in [0, 0.1) is 6.92 Å². The number of fused-ring (bicyclic) bond motifs is 2. The smallest absolute Gasteiger partial charge is 0.290 e. The van der Waals surface area contributed by atoms with Crippen LogP contribution >= 0.6 is 0 Å². The normalized spacial score (nSPS) is 14.9. The fourth-order valence-corrected chi connectivity index (χ4v) is 4.51. The predicted octanol–water partition coefficient (Wildman–Crippen LogP) is 5.45. The minimum absolute atomic E-state index is 0.131. The van der Waals surface area contributed by atoms with E-state index in [2.05, 4.69) is 6.58 Å². The van der Waals surface area contributed by atoms with E-state index in [4.69, 9.17) is 9.15 Å². The molecule has 3 aromatic carbocycles. The molecule has 34 heavy (non-hydrogen) atoms. The van der Waals surface area contributed by atoms with Crippen LogP contribution in [0.4, 0.5) is 0 Å². The number of carbonyl (C=O) groups excluding carboxylic acids is 1. The molecule has 0 bridgehead atoms. The van der Waals surface area contributed by atoms with Crippen LogP contribution < -0.4 is 10.2 Å². The van der Waals surface area contributed by atoms with Gasteiger partial charge < -0.3 is 14.1 Å². The molecule has 0 fully saturated rings. The lowest BCUT2D eigenvalue weighted by molar-refractivity contribution is 0.0730. The molecule has 1 unspecified atom stereocenters. The summed E-state index contributed by atoms with van der Waals surface area (Å²) < 4.78 is 11.6. The molecule has 2 heterocycles. The second-order valence-electron chi connectivity index (χ2n) is 8.48. The van der Waals surface area contributed by atoms with Crippen molar-refractivity contribution in [2.24, 2.45) is 0 Å². The maximum Gasteiger partial charge on any atom is 0.290 e. The third kappa shape index (κ3) is 3.90. The number of benzene rings is 3. The molecule has 0 spiro atoms. The van der Waals surface area contributed by atoms with Gasteiger partial charge in [0, 0.05) is 6.54 Å². The summed E-state index contributed by atoms with van der Waals surface area (Å²) in [6.45, 7) is 6.47. The summed E-state index contributed by atoms with van der Waals surface area (Å²) in [6.07, 6.45) is 2.35. The molecular weight excluding hydrogens is 426 g/mol. The molecule has 5 rings (SSSR count). The largest absolute Gasteiger partial charge is 0.490 e. The van der Waals surface area contributed by atoms with Gasteiger partial charge in [-0.25, -0.2) is 0 Å². The molecule has 0 N–H and O–H groups in total. The van der Waals surface area contributed by atoms with Gasteiger partial charge in [0.1, 0.15) is 17.9 Å². The van der Waals surface area contributed by atoms with E-state index in [1.54, 1.807) is 17.0 Å². The lowest BCUT2D eigenvalue weighted by Gasteiger charge is -2.25. The number of ether oxygens (including phenoxy) is 1. The second-order valence-corrected chi connectivity index (χ2v) is 8.48. The lowest BCUT2D eigenvalue weighted by Crippen LogP contribution is -2.31. The number of hydrogen-bond acceptors (Lipinski definition) is 4. The van der Waals surface area contributed by atoms with E-state index in [9.17, 15) is 9.59 Å². The lowest BCUT2D eigenvalue weighted by atomic mass is 9.98. The Bertz CT molecular complexity index is 1420. The van der Waals surface area contributed by atoms with Gasteiger partial charge in [0.2, 0.25) is 5.76 Å². The van der Waals surface area contributed by atoms with Gasteiger partial charge in [-0.3, -0.25) is 9.59 Å². The zero-order valence-electron chi connectivity index (χ0n) is 19.0. The van der Waals surface area contributed by atoms with Crippen LogP contribution in [0.2, 0.25) is 0 Å². The molecular formula is C29H25NO4. The van der Waals surface area contributed by atoms with Crippen molar-refractivity contribution in [1.29, 1.82) is 0 Å². The van der Waals surface area contributed by atoms with Gasteiger partial charge in [-0.15, -0.1) is 0 Å². The van der Waals surface area contributed by atoms with Gasteiger partial charge in [-0.05, 0) is 48.7 Å². The molecule has 0 saturated heterocycles. The monoisotopic (exact) mass is 451 g/mol. The Morgan fingerprint density at radius 2 is 1.79 bits per heavy atom. The van der Waals surface area contributed by atoms with Gasteiger partial charge in [-0.1, -0.05) is 66.7 Å². The van der Waals surface area contributed by atoms with Gasteiger partial charge >= 0.3 is 0 Å². The molecule has 1 atom stereocenters. The third-order valence-electron chi connectivity index (χ3n) is 6.17. The Hall–Kier alpha value is -4.12. The number of hydrogen-bond donors (Lipinski definition) is 0. The average Bonchev–Trinajstić information content (AvgIpc) is 3.14. The zero-order chi connectivity index (χ0) is 23.7. The van der Waals surface area contributed by atoms with Crippen LogP contribution in [0.5, 0.6) is 5.75 Å². The minimum Gasteiger partial charge on any atom is -0.490 e. The van der Waals surface area contributed by atoms with Crippen molar-refractivity contribution in [3.8, 4) is 5.75 Å². The number of nitrogens with zero attached hydrogens (tertiary/aromatic N) is 1. The first-order valence-electron chi connectivity index (χ1n) is 11.3. The molecule has 1 amide bonds. The van der Waals surface area contributed by atoms with E-state index in [0.717, 1.165) is 16.7 Å². The Morgan fingerprint density at radius 1 is 1.03 bits per heavy atom. The summed E-state index contributed by atoms with van der Waals surface area (Å²) in [5.74, 6) is 0.569. The minimum atomic E-state index is -0.527. The molecule has 4 aromatic rings. The molecule has 5 nitrogen and oxygen atoms in total. The summed E-state index contributed by atoms with van der Waals surface area (Å²) in [6, 6.07) is 22.4. The first-order valence-corrected chi connectivity index (χ1v) is 11.3. The molecule has 0 saturated carbocycles. The number of amides is 1. The van der Waals surface area contributed by atoms with Crippen molar-refractivity contribution in [2.45, 2.75) is 19.4 Å². The maximum atomic E-state index is 13.7. The number of carbonyl (C=O) groups is 1. The maximum absolute atomic E-state index is 13.7. The Kier molecular flexibility index (Phi) is 5.76. The zero-order valence-corrected chi connectivity index (χ0v) is 19.0. The summed E-state index contributed by atoms with van der Waals surface area (Å²) in [5, 5.41) is 0.493. The highest BCUT2D eigenvalue weighted by Gasteiger charge is 2.42. The summed E-state index contributed by atoms with van der Waals surface area (Å²) in [7, 11) is 0. The quantitative estimate of drug-likeness (QED) is 0.351. The second kappa shape index (κ2) is 9.02. The van der Waals surface area contributed by atoms with E-state index in [0.29, 0.717) is 41.9 Å². The van der Waals surface area contributed by atoms with Crippen LogP contribution in [0.15, 0.2) is 94.7 Å². The highest BCUT2D eigenvalue weighted by molar-refractivity contribution is 5.99. The summed E-state index contributed by atoms with van der Waals surface area (Å²) in [4.78, 5) is 28.9. The van der Waals surface area contributed by atoms with Crippen molar-refractivity contribution in [1.82, 2.24) is 4.90 Å². The van der Waals surface area contributed by atoms with Crippen molar-refractivity contribution in [3.05, 3.63) is 124 Å². The molecule has 1 aromatic heterocycles. The van der Waals surface area contributed by atoms with Crippen LogP contribution in [0.25, 0.3) is 11.0 Å². The van der Waals surface area contributed by atoms with Crippen molar-refractivity contribution in [2.75, 3.05) is 13.2 Å². The van der Waals surface area contributed by atoms with Crippen molar-refractivity contribution in [3.63, 3.8) is 0 Å². The molecule has 0 radical (unpaired) electrons. The molecule has 5 heteroatoms. The summed E-state index contributed by atoms with van der Waals surface area (Å²) >= 11 is 0. The first kappa shape index (κ1) is 21.7. The van der Waals surface area contributed by atoms with Crippen LogP contribution in [-0.4, -0.2) is 24.0 Å². The standard InChI is InChI=1S/C29H25NO4/c1-3-17-33-22-12-10-21(11-13-22)26-25-27(31)23-18-19(2)9-14-24(23)34-28(25)29(32)30(26)16-15-20-7-5-4-6-8-20/h3-14,18,26H,1,15-17H2,2H3. The Labute approximate surface area is 197 Å². The Balaban J connectivity index is 1.60. The predicted molar refractivity (Wildman–Crippen MR) is 132 cm³/mol. The van der Waals surface area contributed by atoms with E-state index in [1.165, 1.54) is 0 Å². The van der Waals surface area contributed by atoms with Crippen LogP contribution in [0.1, 0.15) is 38.9 Å². The highest BCUT2D eigenvalue weighted by Crippen LogP contribution is 2.38. The van der Waals surface area contributed by atoms with Gasteiger partial charge in [0.05, 0.1) is 17.0 Å². The van der Waals surface area contributed by atoms with Gasteiger partial charge in [-0.2, -0.15) is 0 Å². The van der Waals surface area contributed by atoms with E-state index in [1.807, 2.05) is 73.7 Å².